The lowest BCUT2D eigenvalue weighted by Gasteiger charge is -1.96. The average Bonchev–Trinajstić information content (AvgIpc) is 2.42. The molecule has 0 aliphatic heterocycles. The molecule has 1 aromatic carbocycles. The van der Waals surface area contributed by atoms with Crippen molar-refractivity contribution < 1.29 is 19.7 Å². The van der Waals surface area contributed by atoms with Crippen molar-refractivity contribution in [3.63, 3.8) is 0 Å². The van der Waals surface area contributed by atoms with E-state index in [2.05, 4.69) is 0 Å². The highest BCUT2D eigenvalue weighted by molar-refractivity contribution is 5.91. The number of aliphatic carboxylic acids is 1. The molecule has 0 spiro atoms. The van der Waals surface area contributed by atoms with E-state index in [0.29, 0.717) is 0 Å². The van der Waals surface area contributed by atoms with E-state index in [1.807, 2.05) is 0 Å². The first-order chi connectivity index (χ1) is 9.86. The molecule has 1 N–H and O–H groups in total. The third-order valence-corrected chi connectivity index (χ3v) is 2.30. The Morgan fingerprint density at radius 2 is 1.86 bits per heavy atom. The van der Waals surface area contributed by atoms with E-state index in [9.17, 15) is 25.0 Å². The normalized spacial score (nSPS) is 11.1. The number of nitro benzene ring substituents is 2. The molecule has 0 aromatic heterocycles. The molecule has 0 saturated carbocycles. The summed E-state index contributed by atoms with van der Waals surface area (Å²) in [4.78, 5) is 30.2. The molecule has 0 amide bonds. The van der Waals surface area contributed by atoms with Crippen molar-refractivity contribution in [2.45, 2.75) is 0 Å². The zero-order chi connectivity index (χ0) is 16.0. The summed E-state index contributed by atoms with van der Waals surface area (Å²) in [5.41, 5.74) is -1.57. The molecule has 0 fully saturated rings. The van der Waals surface area contributed by atoms with Crippen LogP contribution in [0.2, 0.25) is 0 Å². The maximum Gasteiger partial charge on any atom is 0.346 e. The van der Waals surface area contributed by atoms with Crippen LogP contribution in [-0.2, 0) is 4.79 Å². The molecule has 1 aromatic rings. The molecule has 0 aliphatic carbocycles. The van der Waals surface area contributed by atoms with Crippen molar-refractivity contribution in [2.75, 3.05) is 0 Å². The number of nitriles is 1. The van der Waals surface area contributed by atoms with Crippen molar-refractivity contribution >= 4 is 23.4 Å². The molecule has 0 atom stereocenters. The van der Waals surface area contributed by atoms with E-state index in [1.54, 1.807) is 0 Å². The summed E-state index contributed by atoms with van der Waals surface area (Å²) >= 11 is 0. The fourth-order valence-electron chi connectivity index (χ4n) is 1.36. The highest BCUT2D eigenvalue weighted by atomic mass is 16.6. The minimum Gasteiger partial charge on any atom is -0.477 e. The summed E-state index contributed by atoms with van der Waals surface area (Å²) in [7, 11) is 0. The van der Waals surface area contributed by atoms with E-state index >= 15 is 0 Å². The first-order valence-electron chi connectivity index (χ1n) is 5.31. The van der Waals surface area contributed by atoms with Crippen molar-refractivity contribution in [3.05, 3.63) is 61.7 Å². The zero-order valence-corrected chi connectivity index (χ0v) is 10.3. The van der Waals surface area contributed by atoms with Crippen LogP contribution in [0.4, 0.5) is 11.4 Å². The Bertz CT molecular complexity index is 714. The smallest absolute Gasteiger partial charge is 0.346 e. The molecule has 0 aliphatic rings. The van der Waals surface area contributed by atoms with E-state index in [-0.39, 0.29) is 5.56 Å². The molecule has 106 valence electrons. The second kappa shape index (κ2) is 6.58. The van der Waals surface area contributed by atoms with Crippen LogP contribution < -0.4 is 0 Å². The average molecular weight is 289 g/mol. The van der Waals surface area contributed by atoms with Crippen LogP contribution in [0.25, 0.3) is 6.08 Å². The maximum atomic E-state index is 10.7. The van der Waals surface area contributed by atoms with Crippen LogP contribution in [0, 0.1) is 31.6 Å². The molecular formula is C12H7N3O6. The largest absolute Gasteiger partial charge is 0.477 e. The number of nitrogens with zero attached hydrogens (tertiary/aromatic N) is 3. The highest BCUT2D eigenvalue weighted by Gasteiger charge is 2.23. The van der Waals surface area contributed by atoms with E-state index < -0.39 is 32.8 Å². The van der Waals surface area contributed by atoms with Gasteiger partial charge in [0.15, 0.2) is 0 Å². The van der Waals surface area contributed by atoms with Gasteiger partial charge in [-0.25, -0.2) is 4.79 Å². The molecule has 0 radical (unpaired) electrons. The van der Waals surface area contributed by atoms with E-state index in [4.69, 9.17) is 10.4 Å². The van der Waals surface area contributed by atoms with Crippen molar-refractivity contribution in [3.8, 4) is 6.07 Å². The van der Waals surface area contributed by atoms with Gasteiger partial charge in [-0.15, -0.1) is 0 Å². The van der Waals surface area contributed by atoms with Gasteiger partial charge in [-0.05, 0) is 17.7 Å². The summed E-state index contributed by atoms with van der Waals surface area (Å²) in [6.07, 6.45) is 3.50. The summed E-state index contributed by atoms with van der Waals surface area (Å²) in [6.45, 7) is 0. The minimum atomic E-state index is -1.41. The lowest BCUT2D eigenvalue weighted by Crippen LogP contribution is -1.97. The summed E-state index contributed by atoms with van der Waals surface area (Å²) < 4.78 is 0. The van der Waals surface area contributed by atoms with Gasteiger partial charge in [0.25, 0.3) is 0 Å². The van der Waals surface area contributed by atoms with Crippen LogP contribution in [0.5, 0.6) is 0 Å². The number of carbonyl (C=O) groups is 1. The maximum absolute atomic E-state index is 10.7. The number of nitro groups is 2. The number of rotatable bonds is 5. The fourth-order valence-corrected chi connectivity index (χ4v) is 1.36. The number of benzene rings is 1. The minimum absolute atomic E-state index is 0.256. The van der Waals surface area contributed by atoms with Crippen molar-refractivity contribution in [2.24, 2.45) is 0 Å². The van der Waals surface area contributed by atoms with Crippen LogP contribution >= 0.6 is 0 Å². The molecule has 9 heteroatoms. The van der Waals surface area contributed by atoms with Gasteiger partial charge in [0.05, 0.1) is 9.85 Å². The molecule has 0 saturated heterocycles. The Balaban J connectivity index is 3.15. The zero-order valence-electron chi connectivity index (χ0n) is 10.3. The van der Waals surface area contributed by atoms with Gasteiger partial charge in [-0.2, -0.15) is 5.26 Å². The van der Waals surface area contributed by atoms with Crippen LogP contribution in [0.15, 0.2) is 35.9 Å². The number of hydrogen-bond donors (Lipinski definition) is 1. The van der Waals surface area contributed by atoms with Crippen molar-refractivity contribution in [1.82, 2.24) is 0 Å². The summed E-state index contributed by atoms with van der Waals surface area (Å²) in [5.74, 6) is -1.41. The number of carboxylic acid groups (broad SMARTS) is 1. The lowest BCUT2D eigenvalue weighted by atomic mass is 10.1. The van der Waals surface area contributed by atoms with Gasteiger partial charge in [0, 0.05) is 12.1 Å². The predicted molar refractivity (Wildman–Crippen MR) is 70.1 cm³/mol. The molecule has 0 bridgehead atoms. The Labute approximate surface area is 117 Å². The Kier molecular flexibility index (Phi) is 4.86. The Hall–Kier alpha value is -3.54. The van der Waals surface area contributed by atoms with Gasteiger partial charge in [0.2, 0.25) is 0 Å². The number of carboxylic acids is 1. The second-order valence-corrected chi connectivity index (χ2v) is 3.62. The van der Waals surface area contributed by atoms with Crippen molar-refractivity contribution in [1.29, 1.82) is 5.26 Å². The third-order valence-electron chi connectivity index (χ3n) is 2.30. The molecule has 1 rings (SSSR count). The fraction of sp³-hybridized carbons (Fsp3) is 0. The number of allylic oxidation sites excluding steroid dienone is 2. The van der Waals surface area contributed by atoms with E-state index in [0.717, 1.165) is 18.2 Å². The molecule has 21 heavy (non-hydrogen) atoms. The Morgan fingerprint density at radius 1 is 1.24 bits per heavy atom. The third kappa shape index (κ3) is 3.97. The standard InChI is InChI=1S/C12H7N3O6/c13-7-9(12(16)17)3-1-2-8-4-5-10(14(18)19)11(6-8)15(20)21/h1-6H,(H,16,17). The molecule has 0 unspecified atom stereocenters. The number of hydrogen-bond acceptors (Lipinski definition) is 6. The van der Waals surface area contributed by atoms with Gasteiger partial charge in [-0.3, -0.25) is 20.2 Å². The highest BCUT2D eigenvalue weighted by Crippen LogP contribution is 2.27. The van der Waals surface area contributed by atoms with E-state index in [1.165, 1.54) is 24.3 Å². The topological polar surface area (TPSA) is 147 Å². The van der Waals surface area contributed by atoms with Gasteiger partial charge < -0.3 is 5.11 Å². The Morgan fingerprint density at radius 3 is 2.33 bits per heavy atom. The summed E-state index contributed by atoms with van der Waals surface area (Å²) in [5, 5.41) is 38.5. The SMILES string of the molecule is N#CC(=CC=Cc1ccc([N+](=O)[O-])c([N+](=O)[O-])c1)C(=O)O. The summed E-state index contributed by atoms with van der Waals surface area (Å²) in [6, 6.07) is 4.68. The quantitative estimate of drug-likeness (QED) is 0.286. The van der Waals surface area contributed by atoms with Crippen LogP contribution in [0.1, 0.15) is 5.56 Å². The van der Waals surface area contributed by atoms with Crippen LogP contribution in [0.3, 0.4) is 0 Å². The monoisotopic (exact) mass is 289 g/mol. The molecule has 0 heterocycles. The molecule has 9 nitrogen and oxygen atoms in total. The van der Waals surface area contributed by atoms with Gasteiger partial charge in [-0.1, -0.05) is 12.2 Å². The molecular weight excluding hydrogens is 282 g/mol. The van der Waals surface area contributed by atoms with Gasteiger partial charge >= 0.3 is 17.3 Å². The van der Waals surface area contributed by atoms with Crippen LogP contribution in [-0.4, -0.2) is 20.9 Å². The lowest BCUT2D eigenvalue weighted by molar-refractivity contribution is -0.422. The van der Waals surface area contributed by atoms with Gasteiger partial charge in [0.1, 0.15) is 11.6 Å². The first-order valence-corrected chi connectivity index (χ1v) is 5.31. The first kappa shape index (κ1) is 15.5. The second-order valence-electron chi connectivity index (χ2n) is 3.62. The predicted octanol–water partition coefficient (Wildman–Crippen LogP) is 2.05.